The molecule has 4 aliphatic rings. The fraction of sp³-hybridized carbons (Fsp3) is 0.865. The molecule has 1 saturated heterocycles. The lowest BCUT2D eigenvalue weighted by atomic mass is 9.43. The average molecular weight is 735 g/mol. The molecule has 1 aliphatic heterocycles. The minimum Gasteiger partial charge on any atom is -0.404 e. The number of hydrogen-bond donors (Lipinski definition) is 7. The number of hydrogen-bond acceptors (Lipinski definition) is 9. The van der Waals surface area contributed by atoms with Crippen molar-refractivity contribution in [3.8, 4) is 0 Å². The highest BCUT2D eigenvalue weighted by atomic mass is 16.7. The van der Waals surface area contributed by atoms with E-state index in [1.54, 1.807) is 0 Å². The Morgan fingerprint density at radius 1 is 0.827 bits per heavy atom. The lowest BCUT2D eigenvalue weighted by Crippen LogP contribution is -2.65. The minimum atomic E-state index is -1.37. The molecule has 0 radical (unpaired) electrons. The number of rotatable bonds is 23. The van der Waals surface area contributed by atoms with Crippen LogP contribution in [-0.2, 0) is 33.3 Å². The van der Waals surface area contributed by atoms with Gasteiger partial charge in [0, 0.05) is 6.42 Å². The number of aliphatic hydroxyl groups excluding tert-OH is 1. The monoisotopic (exact) mass is 735 g/mol. The number of amides is 5. The van der Waals surface area contributed by atoms with Crippen molar-refractivity contribution in [2.75, 3.05) is 13.1 Å². The Balaban J connectivity index is 1.48. The third kappa shape index (κ3) is 11.6. The van der Waals surface area contributed by atoms with Crippen LogP contribution < -0.4 is 32.3 Å². The van der Waals surface area contributed by atoms with Crippen LogP contribution in [0.3, 0.4) is 0 Å². The predicted octanol–water partition coefficient (Wildman–Crippen LogP) is 2.00. The quantitative estimate of drug-likeness (QED) is 0.0604. The highest BCUT2D eigenvalue weighted by molar-refractivity contribution is 6.47. The Hall–Kier alpha value is -2.75. The van der Waals surface area contributed by atoms with Crippen molar-refractivity contribution in [2.24, 2.45) is 23.0 Å². The van der Waals surface area contributed by atoms with Gasteiger partial charge in [0.05, 0.1) is 30.3 Å². The van der Waals surface area contributed by atoms with Gasteiger partial charge in [-0.05, 0) is 90.0 Å². The van der Waals surface area contributed by atoms with Gasteiger partial charge in [0.25, 0.3) is 0 Å². The van der Waals surface area contributed by atoms with E-state index in [0.717, 1.165) is 38.5 Å². The van der Waals surface area contributed by atoms with E-state index in [1.807, 2.05) is 6.92 Å². The normalized spacial score (nSPS) is 25.7. The SMILES string of the molecule is CCCCCCCCCC(=O)NCC(=O)N[C@H](C(=O)N[C@@H](C)C(=O)N[C@@H](CCCCN)C(=O)N[C@@H](C)B1O[C@@H]2C[C@@H]3C[C@@H](C3(C)C)[C@]2(C)O1)[C@@H](C)O. The van der Waals surface area contributed by atoms with E-state index in [0.29, 0.717) is 44.1 Å². The summed E-state index contributed by atoms with van der Waals surface area (Å²) in [5, 5.41) is 23.5. The van der Waals surface area contributed by atoms with Gasteiger partial charge in [-0.15, -0.1) is 0 Å². The molecule has 52 heavy (non-hydrogen) atoms. The van der Waals surface area contributed by atoms with Crippen LogP contribution in [0.15, 0.2) is 0 Å². The van der Waals surface area contributed by atoms with Crippen LogP contribution in [0.4, 0.5) is 0 Å². The summed E-state index contributed by atoms with van der Waals surface area (Å²) in [4.78, 5) is 64.7. The number of unbranched alkanes of at least 4 members (excludes halogenated alkanes) is 7. The summed E-state index contributed by atoms with van der Waals surface area (Å²) >= 11 is 0. The Labute approximate surface area is 311 Å². The van der Waals surface area contributed by atoms with Crippen LogP contribution in [0.5, 0.6) is 0 Å². The third-order valence-electron chi connectivity index (χ3n) is 11.6. The molecule has 296 valence electrons. The first-order valence-corrected chi connectivity index (χ1v) is 19.7. The van der Waals surface area contributed by atoms with E-state index in [4.69, 9.17) is 15.0 Å². The first kappa shape index (κ1) is 43.7. The van der Waals surface area contributed by atoms with E-state index >= 15 is 0 Å². The number of nitrogens with two attached hydrogens (primary N) is 1. The molecule has 4 fully saturated rings. The highest BCUT2D eigenvalue weighted by Gasteiger charge is 2.68. The molecular weight excluding hydrogens is 667 g/mol. The second kappa shape index (κ2) is 20.1. The van der Waals surface area contributed by atoms with E-state index in [2.05, 4.69) is 54.3 Å². The second-order valence-electron chi connectivity index (χ2n) is 16.1. The molecule has 3 saturated carbocycles. The molecule has 4 rings (SSSR count). The van der Waals surface area contributed by atoms with Gasteiger partial charge in [0.1, 0.15) is 18.1 Å². The molecule has 14 nitrogen and oxygen atoms in total. The summed E-state index contributed by atoms with van der Waals surface area (Å²) in [5.41, 5.74) is 5.45. The first-order chi connectivity index (χ1) is 24.5. The number of nitrogens with one attached hydrogen (secondary N) is 5. The van der Waals surface area contributed by atoms with E-state index in [1.165, 1.54) is 33.1 Å². The van der Waals surface area contributed by atoms with Crippen molar-refractivity contribution in [3.05, 3.63) is 0 Å². The molecule has 0 unspecified atom stereocenters. The highest BCUT2D eigenvalue weighted by Crippen LogP contribution is 2.65. The van der Waals surface area contributed by atoms with Crippen molar-refractivity contribution in [1.82, 2.24) is 26.6 Å². The average Bonchev–Trinajstić information content (AvgIpc) is 3.46. The van der Waals surface area contributed by atoms with Crippen LogP contribution in [-0.4, -0.2) is 96.7 Å². The summed E-state index contributed by atoms with van der Waals surface area (Å²) in [6.45, 7) is 13.5. The summed E-state index contributed by atoms with van der Waals surface area (Å²) < 4.78 is 12.8. The smallest absolute Gasteiger partial charge is 0.404 e. The van der Waals surface area contributed by atoms with Crippen LogP contribution in [0.1, 0.15) is 132 Å². The zero-order valence-corrected chi connectivity index (χ0v) is 32.7. The Kier molecular flexibility index (Phi) is 16.9. The number of carbonyl (C=O) groups is 5. The lowest BCUT2D eigenvalue weighted by molar-refractivity contribution is -0.199. The van der Waals surface area contributed by atoms with Gasteiger partial charge in [-0.25, -0.2) is 0 Å². The maximum atomic E-state index is 13.5. The molecule has 0 spiro atoms. The van der Waals surface area contributed by atoms with Gasteiger partial charge < -0.3 is 46.7 Å². The molecule has 1 heterocycles. The fourth-order valence-electron chi connectivity index (χ4n) is 8.07. The van der Waals surface area contributed by atoms with Crippen molar-refractivity contribution < 1.29 is 38.4 Å². The number of aliphatic hydroxyl groups is 1. The molecule has 15 heteroatoms. The minimum absolute atomic E-state index is 0.0353. The van der Waals surface area contributed by atoms with Gasteiger partial charge in [-0.3, -0.25) is 24.0 Å². The van der Waals surface area contributed by atoms with Crippen LogP contribution in [0.25, 0.3) is 0 Å². The second-order valence-corrected chi connectivity index (χ2v) is 16.1. The van der Waals surface area contributed by atoms with Gasteiger partial charge in [-0.2, -0.15) is 0 Å². The van der Waals surface area contributed by atoms with Gasteiger partial charge in [-0.1, -0.05) is 59.3 Å². The largest absolute Gasteiger partial charge is 0.481 e. The summed E-state index contributed by atoms with van der Waals surface area (Å²) in [6, 6.07) is -3.39. The van der Waals surface area contributed by atoms with Gasteiger partial charge in [0.15, 0.2) is 0 Å². The zero-order chi connectivity index (χ0) is 38.6. The summed E-state index contributed by atoms with van der Waals surface area (Å²) in [5.74, 6) is -2.23. The molecule has 8 N–H and O–H groups in total. The van der Waals surface area contributed by atoms with Crippen LogP contribution in [0, 0.1) is 17.3 Å². The molecule has 2 bridgehead atoms. The van der Waals surface area contributed by atoms with Crippen molar-refractivity contribution in [3.63, 3.8) is 0 Å². The third-order valence-corrected chi connectivity index (χ3v) is 11.6. The summed E-state index contributed by atoms with van der Waals surface area (Å²) in [6.07, 6.45) is 10.1. The van der Waals surface area contributed by atoms with Crippen molar-refractivity contribution >= 4 is 36.7 Å². The first-order valence-electron chi connectivity index (χ1n) is 19.7. The standard InChI is InChI=1S/C37H67BN6O8/c1-8-9-10-11-12-13-14-18-30(46)40-22-31(47)44-32(24(3)45)35(50)41-23(2)33(48)43-27(17-15-16-19-39)34(49)42-25(4)38-51-29-21-26-20-28(36(26,5)6)37(29,7)52-38/h23-29,32,45H,8-22,39H2,1-7H3,(H,40,46)(H,41,50)(H,42,49)(H,43,48)(H,44,47)/t23-,24+,25-,26-,27-,28-,29+,32-,37-/m0/s1. The zero-order valence-electron chi connectivity index (χ0n) is 32.7. The van der Waals surface area contributed by atoms with Crippen LogP contribution in [0.2, 0.25) is 0 Å². The van der Waals surface area contributed by atoms with Crippen molar-refractivity contribution in [1.29, 1.82) is 0 Å². The number of carbonyl (C=O) groups excluding carboxylic acids is 5. The maximum absolute atomic E-state index is 13.5. The fourth-order valence-corrected chi connectivity index (χ4v) is 8.07. The lowest BCUT2D eigenvalue weighted by Gasteiger charge is -2.64. The predicted molar refractivity (Wildman–Crippen MR) is 199 cm³/mol. The van der Waals surface area contributed by atoms with E-state index in [-0.39, 0.29) is 24.0 Å². The Morgan fingerprint density at radius 3 is 2.13 bits per heavy atom. The summed E-state index contributed by atoms with van der Waals surface area (Å²) in [7, 11) is -0.626. The molecule has 0 aromatic carbocycles. The van der Waals surface area contributed by atoms with Gasteiger partial charge >= 0.3 is 7.12 Å². The molecule has 5 amide bonds. The van der Waals surface area contributed by atoms with Crippen LogP contribution >= 0.6 is 0 Å². The van der Waals surface area contributed by atoms with E-state index < -0.39 is 66.5 Å². The van der Waals surface area contributed by atoms with Crippen molar-refractivity contribution in [2.45, 2.75) is 174 Å². The maximum Gasteiger partial charge on any atom is 0.481 e. The Bertz CT molecular complexity index is 1220. The van der Waals surface area contributed by atoms with E-state index in [9.17, 15) is 29.1 Å². The molecular formula is C37H67BN6O8. The topological polar surface area (TPSA) is 210 Å². The molecule has 9 atom stereocenters. The molecule has 3 aliphatic carbocycles. The molecule has 0 aromatic heterocycles. The molecule has 0 aromatic rings. The van der Waals surface area contributed by atoms with Gasteiger partial charge in [0.2, 0.25) is 29.5 Å². The Morgan fingerprint density at radius 2 is 1.50 bits per heavy atom.